The Kier molecular flexibility index (Phi) is 4.21. The molecule has 2 nitrogen and oxygen atoms in total. The molecular formula is C13H7BrF2O2S. The van der Waals surface area contributed by atoms with Gasteiger partial charge < -0.3 is 5.11 Å². The predicted molar refractivity (Wildman–Crippen MR) is 71.6 cm³/mol. The average molecular weight is 345 g/mol. The number of benzene rings is 2. The quantitative estimate of drug-likeness (QED) is 0.885. The van der Waals surface area contributed by atoms with Crippen molar-refractivity contribution in [1.29, 1.82) is 0 Å². The monoisotopic (exact) mass is 344 g/mol. The first-order chi connectivity index (χ1) is 8.99. The van der Waals surface area contributed by atoms with Gasteiger partial charge in [-0.05, 0) is 46.3 Å². The summed E-state index contributed by atoms with van der Waals surface area (Å²) in [7, 11) is 0. The molecule has 2 aromatic carbocycles. The maximum atomic E-state index is 13.1. The van der Waals surface area contributed by atoms with Crippen LogP contribution in [0.1, 0.15) is 10.4 Å². The van der Waals surface area contributed by atoms with Crippen LogP contribution in [0.15, 0.2) is 50.7 Å². The smallest absolute Gasteiger partial charge is 0.338 e. The van der Waals surface area contributed by atoms with Crippen molar-refractivity contribution >= 4 is 33.7 Å². The molecule has 0 spiro atoms. The summed E-state index contributed by atoms with van der Waals surface area (Å²) in [5.41, 5.74) is 0.0947. The number of rotatable bonds is 3. The lowest BCUT2D eigenvalue weighted by Gasteiger charge is -2.07. The highest BCUT2D eigenvalue weighted by Gasteiger charge is 2.15. The minimum Gasteiger partial charge on any atom is -0.478 e. The highest BCUT2D eigenvalue weighted by molar-refractivity contribution is 9.10. The molecule has 0 saturated heterocycles. The summed E-state index contributed by atoms with van der Waals surface area (Å²) in [6, 6.07) is 8.34. The molecule has 0 atom stereocenters. The summed E-state index contributed by atoms with van der Waals surface area (Å²) in [6.07, 6.45) is 0. The summed E-state index contributed by atoms with van der Waals surface area (Å²) in [6.45, 7) is 0. The van der Waals surface area contributed by atoms with Crippen LogP contribution < -0.4 is 0 Å². The van der Waals surface area contributed by atoms with Crippen molar-refractivity contribution < 1.29 is 18.7 Å². The van der Waals surface area contributed by atoms with Crippen LogP contribution in [0.25, 0.3) is 0 Å². The third-order valence-corrected chi connectivity index (χ3v) is 4.02. The SMILES string of the molecule is O=C(O)c1c(Br)cccc1Sc1ccc(F)c(F)c1. The molecule has 0 aromatic heterocycles. The van der Waals surface area contributed by atoms with Crippen molar-refractivity contribution in [2.75, 3.05) is 0 Å². The van der Waals surface area contributed by atoms with Crippen molar-refractivity contribution in [3.63, 3.8) is 0 Å². The zero-order valence-electron chi connectivity index (χ0n) is 9.36. The maximum Gasteiger partial charge on any atom is 0.338 e. The van der Waals surface area contributed by atoms with Crippen molar-refractivity contribution in [3.8, 4) is 0 Å². The summed E-state index contributed by atoms with van der Waals surface area (Å²) < 4.78 is 26.4. The average Bonchev–Trinajstić information content (AvgIpc) is 2.33. The van der Waals surface area contributed by atoms with Gasteiger partial charge in [-0.25, -0.2) is 13.6 Å². The van der Waals surface area contributed by atoms with Gasteiger partial charge in [0.2, 0.25) is 0 Å². The van der Waals surface area contributed by atoms with Crippen LogP contribution in [0.4, 0.5) is 8.78 Å². The van der Waals surface area contributed by atoms with Crippen LogP contribution in [0.5, 0.6) is 0 Å². The fourth-order valence-corrected chi connectivity index (χ4v) is 3.13. The third kappa shape index (κ3) is 3.13. The number of halogens is 3. The topological polar surface area (TPSA) is 37.3 Å². The van der Waals surface area contributed by atoms with Gasteiger partial charge >= 0.3 is 5.97 Å². The molecule has 98 valence electrons. The second-order valence-electron chi connectivity index (χ2n) is 3.60. The van der Waals surface area contributed by atoms with Crippen molar-refractivity contribution in [2.45, 2.75) is 9.79 Å². The number of hydrogen-bond donors (Lipinski definition) is 1. The largest absolute Gasteiger partial charge is 0.478 e. The summed E-state index contributed by atoms with van der Waals surface area (Å²) >= 11 is 4.22. The zero-order chi connectivity index (χ0) is 14.0. The van der Waals surface area contributed by atoms with Gasteiger partial charge in [0.15, 0.2) is 11.6 Å². The van der Waals surface area contributed by atoms with E-state index in [0.717, 1.165) is 23.9 Å². The highest BCUT2D eigenvalue weighted by atomic mass is 79.9. The molecule has 19 heavy (non-hydrogen) atoms. The Balaban J connectivity index is 2.40. The van der Waals surface area contributed by atoms with Gasteiger partial charge in [0, 0.05) is 14.3 Å². The lowest BCUT2D eigenvalue weighted by Crippen LogP contribution is -2.00. The van der Waals surface area contributed by atoms with E-state index in [0.29, 0.717) is 14.3 Å². The normalized spacial score (nSPS) is 10.5. The minimum absolute atomic E-state index is 0.0947. The molecule has 0 fully saturated rings. The minimum atomic E-state index is -1.09. The number of hydrogen-bond acceptors (Lipinski definition) is 2. The summed E-state index contributed by atoms with van der Waals surface area (Å²) in [5, 5.41) is 9.15. The Morgan fingerprint density at radius 3 is 2.53 bits per heavy atom. The van der Waals surface area contributed by atoms with E-state index in [1.165, 1.54) is 6.07 Å². The van der Waals surface area contributed by atoms with Crippen LogP contribution in [0.3, 0.4) is 0 Å². The van der Waals surface area contributed by atoms with Gasteiger partial charge in [-0.15, -0.1) is 0 Å². The number of aromatic carboxylic acids is 1. The van der Waals surface area contributed by atoms with Crippen molar-refractivity contribution in [2.24, 2.45) is 0 Å². The van der Waals surface area contributed by atoms with Gasteiger partial charge in [-0.3, -0.25) is 0 Å². The molecule has 0 radical (unpaired) electrons. The van der Waals surface area contributed by atoms with Gasteiger partial charge in [0.05, 0.1) is 5.56 Å². The first-order valence-electron chi connectivity index (χ1n) is 5.13. The van der Waals surface area contributed by atoms with Crippen LogP contribution in [0, 0.1) is 11.6 Å². The molecule has 2 aromatic rings. The van der Waals surface area contributed by atoms with Crippen molar-refractivity contribution in [3.05, 3.63) is 58.1 Å². The molecule has 0 heterocycles. The van der Waals surface area contributed by atoms with Gasteiger partial charge in [-0.2, -0.15) is 0 Å². The first-order valence-corrected chi connectivity index (χ1v) is 6.74. The van der Waals surface area contributed by atoms with E-state index >= 15 is 0 Å². The number of carbonyl (C=O) groups is 1. The highest BCUT2D eigenvalue weighted by Crippen LogP contribution is 2.34. The molecule has 0 saturated carbocycles. The molecule has 0 aliphatic heterocycles. The zero-order valence-corrected chi connectivity index (χ0v) is 11.8. The van der Waals surface area contributed by atoms with E-state index in [4.69, 9.17) is 5.11 Å². The summed E-state index contributed by atoms with van der Waals surface area (Å²) in [5.74, 6) is -2.98. The molecule has 2 rings (SSSR count). The van der Waals surface area contributed by atoms with E-state index in [1.807, 2.05) is 0 Å². The van der Waals surface area contributed by atoms with Crippen LogP contribution >= 0.6 is 27.7 Å². The van der Waals surface area contributed by atoms with Crippen molar-refractivity contribution in [1.82, 2.24) is 0 Å². The van der Waals surface area contributed by atoms with Gasteiger partial charge in [0.1, 0.15) is 0 Å². The standard InChI is InChI=1S/C13H7BrF2O2S/c14-8-2-1-3-11(12(8)13(17)18)19-7-4-5-9(15)10(16)6-7/h1-6H,(H,17,18). The second-order valence-corrected chi connectivity index (χ2v) is 5.57. The molecular weight excluding hydrogens is 338 g/mol. The molecule has 0 bridgehead atoms. The third-order valence-electron chi connectivity index (χ3n) is 2.31. The fourth-order valence-electron chi connectivity index (χ4n) is 1.46. The van der Waals surface area contributed by atoms with Gasteiger partial charge in [-0.1, -0.05) is 17.8 Å². The summed E-state index contributed by atoms with van der Waals surface area (Å²) in [4.78, 5) is 12.1. The van der Waals surface area contributed by atoms with E-state index in [2.05, 4.69) is 15.9 Å². The van der Waals surface area contributed by atoms with E-state index in [9.17, 15) is 13.6 Å². The molecule has 0 aliphatic carbocycles. The molecule has 0 amide bonds. The number of carboxylic acid groups (broad SMARTS) is 1. The van der Waals surface area contributed by atoms with Gasteiger partial charge in [0.25, 0.3) is 0 Å². The fraction of sp³-hybridized carbons (Fsp3) is 0. The van der Waals surface area contributed by atoms with E-state index < -0.39 is 17.6 Å². The Morgan fingerprint density at radius 2 is 1.89 bits per heavy atom. The van der Waals surface area contributed by atoms with E-state index in [1.54, 1.807) is 18.2 Å². The first kappa shape index (κ1) is 14.0. The maximum absolute atomic E-state index is 13.1. The van der Waals surface area contributed by atoms with E-state index in [-0.39, 0.29) is 5.56 Å². The molecule has 6 heteroatoms. The molecule has 0 unspecified atom stereocenters. The van der Waals surface area contributed by atoms with Crippen LogP contribution in [-0.2, 0) is 0 Å². The predicted octanol–water partition coefficient (Wildman–Crippen LogP) is 4.58. The second kappa shape index (κ2) is 5.71. The lowest BCUT2D eigenvalue weighted by atomic mass is 10.2. The lowest BCUT2D eigenvalue weighted by molar-refractivity contribution is 0.0692. The van der Waals surface area contributed by atoms with Crippen LogP contribution in [0.2, 0.25) is 0 Å². The number of carboxylic acids is 1. The Hall–Kier alpha value is -1.40. The Morgan fingerprint density at radius 1 is 1.16 bits per heavy atom. The van der Waals surface area contributed by atoms with Crippen LogP contribution in [-0.4, -0.2) is 11.1 Å². The molecule has 1 N–H and O–H groups in total. The Bertz CT molecular complexity index is 647. The Labute approximate surface area is 120 Å². The molecule has 0 aliphatic rings.